The van der Waals surface area contributed by atoms with Gasteiger partial charge in [0.25, 0.3) is 0 Å². The number of hydrogen-bond donors (Lipinski definition) is 3. The van der Waals surface area contributed by atoms with E-state index in [4.69, 9.17) is 37.0 Å². The first-order valence-electron chi connectivity index (χ1n) is 41.1. The Hall–Kier alpha value is -1.94. The zero-order chi connectivity index (χ0) is 72.1. The molecule has 17 nitrogen and oxygen atoms in total. The lowest BCUT2D eigenvalue weighted by Crippen LogP contribution is -2.30. The predicted molar refractivity (Wildman–Crippen MR) is 400 cm³/mol. The van der Waals surface area contributed by atoms with E-state index in [1.807, 2.05) is 0 Å². The van der Waals surface area contributed by atoms with E-state index in [1.165, 1.54) is 231 Å². The Morgan fingerprint density at radius 2 is 0.490 bits per heavy atom. The van der Waals surface area contributed by atoms with Crippen molar-refractivity contribution in [1.82, 2.24) is 0 Å². The summed E-state index contributed by atoms with van der Waals surface area (Å²) in [6.45, 7) is 9.63. The lowest BCUT2D eigenvalue weighted by molar-refractivity contribution is -0.161. The third-order valence-electron chi connectivity index (χ3n) is 19.2. The molecule has 7 atom stereocenters. The third kappa shape index (κ3) is 69.8. The molecule has 0 heterocycles. The SMILES string of the molecule is CCCCCCCCCCCCCCCCCCC(=O)OC[C@H](COP(=O)(O)OC[C@@H](O)COP(=O)(O)OC[C@@H](COC(=O)CCCCCCCCCCCC)OC(=O)CCCCCCCCC(C)CC)OC(=O)CCCCCCCCCCCCCCCCCCCCC(C)CC. The molecule has 0 bridgehead atoms. The van der Waals surface area contributed by atoms with Crippen LogP contribution in [0.1, 0.15) is 414 Å². The molecule has 582 valence electrons. The maximum absolute atomic E-state index is 13.1. The zero-order valence-corrected chi connectivity index (χ0v) is 65.9. The molecule has 0 radical (unpaired) electrons. The minimum atomic E-state index is -4.96. The predicted octanol–water partition coefficient (Wildman–Crippen LogP) is 23.5. The molecular formula is C79H154O17P2. The standard InChI is InChI=1S/C79H154O17P2/c1-7-11-13-15-17-19-21-22-23-29-32-35-39-43-50-56-62-77(82)89-67-74(95-78(83)63-57-51-44-40-36-33-30-27-25-24-26-28-31-34-37-41-47-53-59-71(5)9-3)69-93-97(85,86)91-65-73(80)66-92-98(87,88)94-70-75(96-79(84)64-58-52-46-45-48-54-60-72(6)10-4)68-90-76(81)61-55-49-42-38-20-18-16-14-12-8-2/h71-75,80H,7-70H2,1-6H3,(H,85,86)(H,87,88)/t71?,72?,73-,74-,75-/m1/s1. The highest BCUT2D eigenvalue weighted by Crippen LogP contribution is 2.45. The quantitative estimate of drug-likeness (QED) is 0.0222. The van der Waals surface area contributed by atoms with Crippen LogP contribution in [0, 0.1) is 11.8 Å². The molecule has 0 aliphatic heterocycles. The van der Waals surface area contributed by atoms with E-state index in [9.17, 15) is 43.2 Å². The highest BCUT2D eigenvalue weighted by atomic mass is 31.2. The maximum atomic E-state index is 13.1. The normalized spacial score (nSPS) is 14.5. The molecule has 0 aromatic rings. The van der Waals surface area contributed by atoms with Gasteiger partial charge < -0.3 is 33.8 Å². The van der Waals surface area contributed by atoms with Crippen LogP contribution in [-0.4, -0.2) is 96.7 Å². The summed E-state index contributed by atoms with van der Waals surface area (Å²) in [7, 11) is -9.91. The molecular weight excluding hydrogens is 1280 g/mol. The van der Waals surface area contributed by atoms with E-state index in [0.29, 0.717) is 25.7 Å². The number of aliphatic hydroxyl groups excluding tert-OH is 1. The summed E-state index contributed by atoms with van der Waals surface area (Å²) in [5.41, 5.74) is 0. The Kier molecular flexibility index (Phi) is 69.3. The number of ether oxygens (including phenoxy) is 4. The molecule has 0 aliphatic rings. The second-order valence-corrected chi connectivity index (χ2v) is 31.8. The molecule has 3 N–H and O–H groups in total. The molecule has 0 spiro atoms. The molecule has 98 heavy (non-hydrogen) atoms. The number of phosphoric ester groups is 2. The number of carbonyl (C=O) groups is 4. The topological polar surface area (TPSA) is 237 Å². The molecule has 0 aromatic carbocycles. The Bertz CT molecular complexity index is 1890. The van der Waals surface area contributed by atoms with Crippen molar-refractivity contribution in [2.75, 3.05) is 39.6 Å². The van der Waals surface area contributed by atoms with Crippen LogP contribution in [0.15, 0.2) is 0 Å². The van der Waals surface area contributed by atoms with Gasteiger partial charge in [0.15, 0.2) is 12.2 Å². The molecule has 0 rings (SSSR count). The van der Waals surface area contributed by atoms with Crippen molar-refractivity contribution in [2.24, 2.45) is 11.8 Å². The third-order valence-corrected chi connectivity index (χ3v) is 21.1. The van der Waals surface area contributed by atoms with Crippen LogP contribution in [0.4, 0.5) is 0 Å². The van der Waals surface area contributed by atoms with Gasteiger partial charge in [0.1, 0.15) is 19.3 Å². The number of hydrogen-bond acceptors (Lipinski definition) is 15. The Balaban J connectivity index is 5.19. The molecule has 0 amide bonds. The summed E-state index contributed by atoms with van der Waals surface area (Å²) in [6.07, 6.45) is 59.7. The van der Waals surface area contributed by atoms with Gasteiger partial charge in [0.2, 0.25) is 0 Å². The van der Waals surface area contributed by atoms with Crippen molar-refractivity contribution in [3.8, 4) is 0 Å². The van der Waals surface area contributed by atoms with Crippen LogP contribution in [0.5, 0.6) is 0 Å². The summed E-state index contributed by atoms with van der Waals surface area (Å²) in [5, 5.41) is 10.6. The lowest BCUT2D eigenvalue weighted by atomic mass is 9.99. The van der Waals surface area contributed by atoms with E-state index in [-0.39, 0.29) is 25.7 Å². The largest absolute Gasteiger partial charge is 0.472 e. The van der Waals surface area contributed by atoms with Gasteiger partial charge in [-0.2, -0.15) is 0 Å². The van der Waals surface area contributed by atoms with Crippen molar-refractivity contribution in [3.63, 3.8) is 0 Å². The second kappa shape index (κ2) is 70.7. The summed E-state index contributed by atoms with van der Waals surface area (Å²) in [6, 6.07) is 0. The van der Waals surface area contributed by atoms with E-state index in [0.717, 1.165) is 102 Å². The summed E-state index contributed by atoms with van der Waals surface area (Å²) >= 11 is 0. The van der Waals surface area contributed by atoms with Gasteiger partial charge in [-0.15, -0.1) is 0 Å². The smallest absolute Gasteiger partial charge is 0.462 e. The fourth-order valence-electron chi connectivity index (χ4n) is 12.1. The Morgan fingerprint density at radius 1 is 0.286 bits per heavy atom. The fourth-order valence-corrected chi connectivity index (χ4v) is 13.7. The van der Waals surface area contributed by atoms with Gasteiger partial charge in [0, 0.05) is 25.7 Å². The number of carbonyl (C=O) groups excluding carboxylic acids is 4. The van der Waals surface area contributed by atoms with Gasteiger partial charge >= 0.3 is 39.5 Å². The van der Waals surface area contributed by atoms with E-state index in [1.54, 1.807) is 0 Å². The summed E-state index contributed by atoms with van der Waals surface area (Å²) in [5.74, 6) is -0.523. The van der Waals surface area contributed by atoms with Crippen LogP contribution in [0.3, 0.4) is 0 Å². The number of unbranched alkanes of at least 4 members (excludes halogenated alkanes) is 46. The van der Waals surface area contributed by atoms with Gasteiger partial charge in [-0.25, -0.2) is 9.13 Å². The molecule has 19 heteroatoms. The number of aliphatic hydroxyl groups is 1. The number of esters is 4. The average Bonchev–Trinajstić information content (AvgIpc) is 1.07. The van der Waals surface area contributed by atoms with Crippen molar-refractivity contribution in [2.45, 2.75) is 432 Å². The van der Waals surface area contributed by atoms with Crippen LogP contribution >= 0.6 is 15.6 Å². The maximum Gasteiger partial charge on any atom is 0.472 e. The van der Waals surface area contributed by atoms with Crippen molar-refractivity contribution in [3.05, 3.63) is 0 Å². The lowest BCUT2D eigenvalue weighted by Gasteiger charge is -2.21. The highest BCUT2D eigenvalue weighted by molar-refractivity contribution is 7.47. The van der Waals surface area contributed by atoms with Crippen LogP contribution < -0.4 is 0 Å². The first kappa shape index (κ1) is 96.1. The highest BCUT2D eigenvalue weighted by Gasteiger charge is 2.30. The van der Waals surface area contributed by atoms with Gasteiger partial charge in [0.05, 0.1) is 26.4 Å². The summed E-state index contributed by atoms with van der Waals surface area (Å²) < 4.78 is 68.6. The minimum absolute atomic E-state index is 0.103. The minimum Gasteiger partial charge on any atom is -0.462 e. The van der Waals surface area contributed by atoms with Crippen LogP contribution in [0.25, 0.3) is 0 Å². The van der Waals surface area contributed by atoms with Gasteiger partial charge in [-0.3, -0.25) is 37.3 Å². The molecule has 0 fully saturated rings. The Labute approximate surface area is 600 Å². The summed E-state index contributed by atoms with van der Waals surface area (Å²) in [4.78, 5) is 72.8. The fraction of sp³-hybridized carbons (Fsp3) is 0.949. The van der Waals surface area contributed by atoms with Crippen molar-refractivity contribution < 1.29 is 80.2 Å². The molecule has 4 unspecified atom stereocenters. The van der Waals surface area contributed by atoms with E-state index < -0.39 is 97.5 Å². The molecule has 0 saturated heterocycles. The van der Waals surface area contributed by atoms with Crippen LogP contribution in [0.2, 0.25) is 0 Å². The van der Waals surface area contributed by atoms with Gasteiger partial charge in [-0.1, -0.05) is 363 Å². The number of rotatable bonds is 78. The molecule has 0 aliphatic carbocycles. The molecule has 0 saturated carbocycles. The molecule has 0 aromatic heterocycles. The van der Waals surface area contributed by atoms with Gasteiger partial charge in [-0.05, 0) is 37.5 Å². The van der Waals surface area contributed by atoms with E-state index in [2.05, 4.69) is 41.5 Å². The second-order valence-electron chi connectivity index (χ2n) is 28.9. The first-order valence-corrected chi connectivity index (χ1v) is 44.1. The van der Waals surface area contributed by atoms with Crippen molar-refractivity contribution >= 4 is 39.5 Å². The monoisotopic (exact) mass is 1440 g/mol. The zero-order valence-electron chi connectivity index (χ0n) is 64.1. The van der Waals surface area contributed by atoms with Crippen LogP contribution in [-0.2, 0) is 65.4 Å². The van der Waals surface area contributed by atoms with Crippen molar-refractivity contribution in [1.29, 1.82) is 0 Å². The average molecular weight is 1440 g/mol. The number of phosphoric acid groups is 2. The first-order chi connectivity index (χ1) is 47.4. The Morgan fingerprint density at radius 3 is 0.724 bits per heavy atom. The van der Waals surface area contributed by atoms with E-state index >= 15 is 0 Å².